The van der Waals surface area contributed by atoms with Gasteiger partial charge in [0, 0.05) is 19.4 Å². The van der Waals surface area contributed by atoms with Gasteiger partial charge in [0.15, 0.2) is 6.10 Å². The number of esters is 2. The second-order valence-electron chi connectivity index (χ2n) is 19.5. The Morgan fingerprint density at radius 3 is 1.00 bits per heavy atom. The highest BCUT2D eigenvalue weighted by molar-refractivity contribution is 5.70. The van der Waals surface area contributed by atoms with Crippen LogP contribution in [0.4, 0.5) is 0 Å². The monoisotopic (exact) mass is 901 g/mol. The summed E-state index contributed by atoms with van der Waals surface area (Å²) in [5.74, 6) is -0.394. The van der Waals surface area contributed by atoms with E-state index in [1.807, 2.05) is 0 Å². The molecule has 0 bridgehead atoms. The largest absolute Gasteiger partial charge is 0.462 e. The molecule has 0 saturated heterocycles. The molecule has 0 fully saturated rings. The maximum atomic E-state index is 12.8. The molecule has 5 nitrogen and oxygen atoms in total. The minimum atomic E-state index is -0.536. The third-order valence-corrected chi connectivity index (χ3v) is 13.0. The van der Waals surface area contributed by atoms with Crippen molar-refractivity contribution in [1.82, 2.24) is 0 Å². The summed E-state index contributed by atoms with van der Waals surface area (Å²) in [4.78, 5) is 25.4. The summed E-state index contributed by atoms with van der Waals surface area (Å²) in [7, 11) is 0. The Labute approximate surface area is 400 Å². The smallest absolute Gasteiger partial charge is 0.306 e. The van der Waals surface area contributed by atoms with Gasteiger partial charge in [-0.3, -0.25) is 9.59 Å². The van der Waals surface area contributed by atoms with Gasteiger partial charge in [0.2, 0.25) is 0 Å². The molecule has 0 aromatic heterocycles. The highest BCUT2D eigenvalue weighted by Gasteiger charge is 2.17. The minimum absolute atomic E-state index is 0.0863. The Balaban J connectivity index is 4.15. The van der Waals surface area contributed by atoms with Crippen molar-refractivity contribution >= 4 is 11.9 Å². The summed E-state index contributed by atoms with van der Waals surface area (Å²) in [6.45, 7) is 7.84. The number of rotatable bonds is 54. The average molecular weight is 902 g/mol. The van der Waals surface area contributed by atoms with Crippen LogP contribution in [0.5, 0.6) is 0 Å². The molecule has 0 aliphatic rings. The number of allylic oxidation sites excluding steroid dienone is 4. The Morgan fingerprint density at radius 2 is 0.625 bits per heavy atom. The number of hydrogen-bond acceptors (Lipinski definition) is 5. The summed E-state index contributed by atoms with van der Waals surface area (Å²) in [5, 5.41) is 0. The quantitative estimate of drug-likeness (QED) is 0.0346. The van der Waals surface area contributed by atoms with Gasteiger partial charge >= 0.3 is 11.9 Å². The zero-order chi connectivity index (χ0) is 46.3. The maximum Gasteiger partial charge on any atom is 0.306 e. The summed E-state index contributed by atoms with van der Waals surface area (Å²) in [6, 6.07) is 0. The second-order valence-corrected chi connectivity index (χ2v) is 19.5. The lowest BCUT2D eigenvalue weighted by molar-refractivity contribution is -0.163. The standard InChI is InChI=1S/C59H112O5/c1-4-7-10-13-16-19-22-24-26-28-29-30-32-34-36-39-42-45-48-51-54-62-55-57(64-59(61)53-50-47-44-41-37-21-18-15-12-9-6-3)56-63-58(60)52-49-46-43-40-38-35-33-31-27-25-23-20-17-14-11-8-5-2/h15,18,25,27,57H,4-14,16-17,19-24,26,28-56H2,1-3H3/b18-15-,27-25-. The molecule has 0 heterocycles. The molecule has 0 aromatic carbocycles. The van der Waals surface area contributed by atoms with Gasteiger partial charge in [0.05, 0.1) is 6.61 Å². The van der Waals surface area contributed by atoms with Gasteiger partial charge in [-0.15, -0.1) is 0 Å². The van der Waals surface area contributed by atoms with Crippen LogP contribution in [0, 0.1) is 0 Å². The molecule has 0 aliphatic carbocycles. The molecule has 0 saturated carbocycles. The SMILES string of the molecule is CCCC/C=C\CCCCCCCC(=O)OC(COCCCCCCCCCCCCCCCCCCCCCC)COC(=O)CCCCCCCCC/C=C\CCCCCCCC. The molecular formula is C59H112O5. The lowest BCUT2D eigenvalue weighted by atomic mass is 10.0. The highest BCUT2D eigenvalue weighted by Crippen LogP contribution is 2.17. The molecule has 5 heteroatoms. The zero-order valence-corrected chi connectivity index (χ0v) is 43.6. The minimum Gasteiger partial charge on any atom is -0.462 e. The first-order valence-corrected chi connectivity index (χ1v) is 28.9. The molecule has 0 amide bonds. The van der Waals surface area contributed by atoms with Crippen LogP contribution in [0.1, 0.15) is 316 Å². The lowest BCUT2D eigenvalue weighted by Crippen LogP contribution is -2.30. The molecule has 0 N–H and O–H groups in total. The lowest BCUT2D eigenvalue weighted by Gasteiger charge is -2.18. The van der Waals surface area contributed by atoms with Crippen LogP contribution in [0.15, 0.2) is 24.3 Å². The maximum absolute atomic E-state index is 12.8. The topological polar surface area (TPSA) is 61.8 Å². The van der Waals surface area contributed by atoms with Crippen molar-refractivity contribution in [3.8, 4) is 0 Å². The molecule has 1 atom stereocenters. The van der Waals surface area contributed by atoms with Crippen LogP contribution in [-0.4, -0.2) is 37.9 Å². The first-order chi connectivity index (χ1) is 31.6. The van der Waals surface area contributed by atoms with Crippen LogP contribution in [-0.2, 0) is 23.8 Å². The van der Waals surface area contributed by atoms with Gasteiger partial charge in [-0.25, -0.2) is 0 Å². The fourth-order valence-electron chi connectivity index (χ4n) is 8.61. The number of hydrogen-bond donors (Lipinski definition) is 0. The van der Waals surface area contributed by atoms with E-state index in [4.69, 9.17) is 14.2 Å². The molecule has 0 aromatic rings. The first-order valence-electron chi connectivity index (χ1n) is 28.9. The molecule has 64 heavy (non-hydrogen) atoms. The van der Waals surface area contributed by atoms with E-state index in [1.54, 1.807) is 0 Å². The van der Waals surface area contributed by atoms with Crippen molar-refractivity contribution in [3.05, 3.63) is 24.3 Å². The number of carbonyl (C=O) groups is 2. The van der Waals surface area contributed by atoms with E-state index in [9.17, 15) is 9.59 Å². The third kappa shape index (κ3) is 53.0. The molecule has 0 rings (SSSR count). The van der Waals surface area contributed by atoms with Gasteiger partial charge < -0.3 is 14.2 Å². The fourth-order valence-corrected chi connectivity index (χ4v) is 8.61. The van der Waals surface area contributed by atoms with Crippen LogP contribution >= 0.6 is 0 Å². The van der Waals surface area contributed by atoms with Crippen molar-refractivity contribution in [2.24, 2.45) is 0 Å². The van der Waals surface area contributed by atoms with E-state index in [0.29, 0.717) is 26.1 Å². The molecule has 0 aliphatic heterocycles. The molecule has 0 spiro atoms. The number of carbonyl (C=O) groups excluding carboxylic acids is 2. The van der Waals surface area contributed by atoms with Crippen LogP contribution < -0.4 is 0 Å². The van der Waals surface area contributed by atoms with Crippen LogP contribution in [0.2, 0.25) is 0 Å². The summed E-state index contributed by atoms with van der Waals surface area (Å²) < 4.78 is 17.5. The average Bonchev–Trinajstić information content (AvgIpc) is 3.30. The van der Waals surface area contributed by atoms with Gasteiger partial charge in [-0.1, -0.05) is 263 Å². The zero-order valence-electron chi connectivity index (χ0n) is 43.6. The predicted octanol–water partition coefficient (Wildman–Crippen LogP) is 19.6. The van der Waals surface area contributed by atoms with Crippen molar-refractivity contribution in [3.63, 3.8) is 0 Å². The van der Waals surface area contributed by atoms with E-state index in [0.717, 1.165) is 44.9 Å². The van der Waals surface area contributed by atoms with Crippen molar-refractivity contribution in [1.29, 1.82) is 0 Å². The normalized spacial score (nSPS) is 12.2. The van der Waals surface area contributed by atoms with Gasteiger partial charge in [-0.2, -0.15) is 0 Å². The van der Waals surface area contributed by atoms with E-state index < -0.39 is 6.10 Å². The van der Waals surface area contributed by atoms with E-state index in [1.165, 1.54) is 238 Å². The predicted molar refractivity (Wildman–Crippen MR) is 279 cm³/mol. The van der Waals surface area contributed by atoms with Crippen LogP contribution in [0.3, 0.4) is 0 Å². The van der Waals surface area contributed by atoms with E-state index >= 15 is 0 Å². The Kier molecular flexibility index (Phi) is 54.3. The van der Waals surface area contributed by atoms with Gasteiger partial charge in [0.25, 0.3) is 0 Å². The van der Waals surface area contributed by atoms with Crippen LogP contribution in [0.25, 0.3) is 0 Å². The van der Waals surface area contributed by atoms with Gasteiger partial charge in [-0.05, 0) is 64.2 Å². The molecule has 378 valence electrons. The summed E-state index contributed by atoms with van der Waals surface area (Å²) in [6.07, 6.45) is 66.3. The Morgan fingerprint density at radius 1 is 0.328 bits per heavy atom. The third-order valence-electron chi connectivity index (χ3n) is 13.0. The fraction of sp³-hybridized carbons (Fsp3) is 0.898. The molecule has 0 radical (unpaired) electrons. The molecular weight excluding hydrogens is 789 g/mol. The first kappa shape index (κ1) is 62.4. The van der Waals surface area contributed by atoms with Crippen molar-refractivity contribution in [2.75, 3.05) is 19.8 Å². The number of ether oxygens (including phenoxy) is 3. The Bertz CT molecular complexity index is 974. The summed E-state index contributed by atoms with van der Waals surface area (Å²) in [5.41, 5.74) is 0. The van der Waals surface area contributed by atoms with E-state index in [-0.39, 0.29) is 18.5 Å². The van der Waals surface area contributed by atoms with E-state index in [2.05, 4.69) is 45.1 Å². The van der Waals surface area contributed by atoms with Crippen molar-refractivity contribution < 1.29 is 23.8 Å². The number of unbranched alkanes of at least 4 members (excludes halogenated alkanes) is 39. The van der Waals surface area contributed by atoms with Gasteiger partial charge in [0.1, 0.15) is 6.61 Å². The summed E-state index contributed by atoms with van der Waals surface area (Å²) >= 11 is 0. The van der Waals surface area contributed by atoms with Crippen molar-refractivity contribution in [2.45, 2.75) is 322 Å². The highest BCUT2D eigenvalue weighted by atomic mass is 16.6. The molecule has 1 unspecified atom stereocenters. The Hall–Kier alpha value is -1.62. The second kappa shape index (κ2) is 55.7.